The van der Waals surface area contributed by atoms with Crippen molar-refractivity contribution in [1.82, 2.24) is 4.98 Å². The number of aromatic amines is 1. The Balaban J connectivity index is 1.32. The number of fused-ring (bicyclic) bond motifs is 7. The predicted molar refractivity (Wildman–Crippen MR) is 120 cm³/mol. The van der Waals surface area contributed by atoms with Gasteiger partial charge in [0.15, 0.2) is 0 Å². The van der Waals surface area contributed by atoms with Crippen LogP contribution in [0.2, 0.25) is 0 Å². The van der Waals surface area contributed by atoms with Crippen LogP contribution in [0.5, 0.6) is 0 Å². The molecule has 0 radical (unpaired) electrons. The van der Waals surface area contributed by atoms with Crippen LogP contribution in [0.25, 0.3) is 10.9 Å². The summed E-state index contributed by atoms with van der Waals surface area (Å²) in [7, 11) is 0. The van der Waals surface area contributed by atoms with Gasteiger partial charge in [-0.25, -0.2) is 0 Å². The van der Waals surface area contributed by atoms with E-state index in [0.717, 1.165) is 12.8 Å². The van der Waals surface area contributed by atoms with Gasteiger partial charge in [-0.05, 0) is 74.8 Å². The van der Waals surface area contributed by atoms with E-state index in [1.165, 1.54) is 42.3 Å². The molecule has 3 aliphatic carbocycles. The third-order valence-electron chi connectivity index (χ3n) is 10.7. The second kappa shape index (κ2) is 5.58. The number of rotatable bonds is 1. The summed E-state index contributed by atoms with van der Waals surface area (Å²) in [6.45, 7) is 8.88. The smallest absolute Gasteiger partial charge is 0.124 e. The molecule has 0 bridgehead atoms. The zero-order valence-corrected chi connectivity index (χ0v) is 19.2. The molecule has 2 N–H and O–H groups in total. The zero-order chi connectivity index (χ0) is 21.4. The predicted octanol–water partition coefficient (Wildman–Crippen LogP) is 4.87. The SMILES string of the molecule is CC(C)(O)C1CC2OC23C(CCC2(C)C3CCC3Cc4c([nH]c5ccccc45)C32C)O1. The first-order chi connectivity index (χ1) is 14.7. The van der Waals surface area contributed by atoms with Gasteiger partial charge in [0.2, 0.25) is 0 Å². The van der Waals surface area contributed by atoms with Crippen LogP contribution in [-0.2, 0) is 21.3 Å². The van der Waals surface area contributed by atoms with E-state index in [9.17, 15) is 5.11 Å². The standard InChI is InChI=1S/C27H35NO3/c1-24(2,29)21-14-22-27(31-22)19-10-9-15-13-17-16-7-5-6-8-18(16)28-23(17)26(15,4)25(19,3)12-11-20(27)30-21/h5-8,15,19-22,28-29H,9-14H2,1-4H3. The van der Waals surface area contributed by atoms with Gasteiger partial charge < -0.3 is 19.6 Å². The van der Waals surface area contributed by atoms with Crippen LogP contribution in [0.3, 0.4) is 0 Å². The van der Waals surface area contributed by atoms with Crippen molar-refractivity contribution in [3.63, 3.8) is 0 Å². The van der Waals surface area contributed by atoms with E-state index in [2.05, 4.69) is 43.1 Å². The Morgan fingerprint density at radius 1 is 1.10 bits per heavy atom. The van der Waals surface area contributed by atoms with Crippen LogP contribution in [0.15, 0.2) is 24.3 Å². The van der Waals surface area contributed by atoms with Gasteiger partial charge in [0.25, 0.3) is 0 Å². The number of para-hydroxylation sites is 1. The van der Waals surface area contributed by atoms with Crippen molar-refractivity contribution in [2.75, 3.05) is 0 Å². The van der Waals surface area contributed by atoms with Gasteiger partial charge in [-0.1, -0.05) is 32.0 Å². The number of aromatic nitrogens is 1. The van der Waals surface area contributed by atoms with Crippen molar-refractivity contribution in [2.45, 2.75) is 101 Å². The molecule has 166 valence electrons. The summed E-state index contributed by atoms with van der Waals surface area (Å²) in [5.74, 6) is 1.23. The number of benzene rings is 1. The molecular weight excluding hydrogens is 386 g/mol. The van der Waals surface area contributed by atoms with Crippen LogP contribution in [0.4, 0.5) is 0 Å². The minimum absolute atomic E-state index is 0.124. The fraction of sp³-hybridized carbons (Fsp3) is 0.704. The molecule has 5 aliphatic rings. The van der Waals surface area contributed by atoms with Crippen molar-refractivity contribution in [3.8, 4) is 0 Å². The van der Waals surface area contributed by atoms with Crippen LogP contribution in [0, 0.1) is 17.3 Å². The molecule has 1 spiro atoms. The molecule has 2 saturated heterocycles. The summed E-state index contributed by atoms with van der Waals surface area (Å²) < 4.78 is 13.2. The highest BCUT2D eigenvalue weighted by Gasteiger charge is 2.78. The molecule has 8 atom stereocenters. The molecule has 2 saturated carbocycles. The molecule has 4 nitrogen and oxygen atoms in total. The Morgan fingerprint density at radius 2 is 1.90 bits per heavy atom. The van der Waals surface area contributed by atoms with E-state index >= 15 is 0 Å². The second-order valence-electron chi connectivity index (χ2n) is 12.2. The van der Waals surface area contributed by atoms with Crippen molar-refractivity contribution in [3.05, 3.63) is 35.5 Å². The molecule has 4 heteroatoms. The van der Waals surface area contributed by atoms with Gasteiger partial charge in [-0.15, -0.1) is 0 Å². The van der Waals surface area contributed by atoms with E-state index in [0.29, 0.717) is 11.8 Å². The highest BCUT2D eigenvalue weighted by atomic mass is 16.7. The highest BCUT2D eigenvalue weighted by molar-refractivity contribution is 5.86. The van der Waals surface area contributed by atoms with Gasteiger partial charge in [0.05, 0.1) is 23.9 Å². The Labute approximate surface area is 184 Å². The summed E-state index contributed by atoms with van der Waals surface area (Å²) in [6, 6.07) is 8.85. The van der Waals surface area contributed by atoms with Gasteiger partial charge in [0.1, 0.15) is 5.60 Å². The highest BCUT2D eigenvalue weighted by Crippen LogP contribution is 2.73. The quantitative estimate of drug-likeness (QED) is 0.646. The lowest BCUT2D eigenvalue weighted by Crippen LogP contribution is -2.65. The normalized spacial score (nSPS) is 47.8. The number of epoxide rings is 1. The molecule has 1 aromatic carbocycles. The van der Waals surface area contributed by atoms with Crippen molar-refractivity contribution < 1.29 is 14.6 Å². The number of hydrogen-bond acceptors (Lipinski definition) is 3. The van der Waals surface area contributed by atoms with E-state index < -0.39 is 5.60 Å². The molecule has 0 amide bonds. The number of H-pyrrole nitrogens is 1. The first-order valence-corrected chi connectivity index (χ1v) is 12.4. The molecule has 3 heterocycles. The van der Waals surface area contributed by atoms with Crippen LogP contribution < -0.4 is 0 Å². The molecule has 31 heavy (non-hydrogen) atoms. The Morgan fingerprint density at radius 3 is 2.71 bits per heavy atom. The van der Waals surface area contributed by atoms with E-state index in [1.807, 2.05) is 13.8 Å². The lowest BCUT2D eigenvalue weighted by atomic mass is 9.43. The summed E-state index contributed by atoms with van der Waals surface area (Å²) >= 11 is 0. The second-order valence-corrected chi connectivity index (χ2v) is 12.2. The third kappa shape index (κ3) is 2.09. The number of aliphatic hydroxyl groups is 1. The van der Waals surface area contributed by atoms with Crippen molar-refractivity contribution >= 4 is 10.9 Å². The maximum absolute atomic E-state index is 10.6. The van der Waals surface area contributed by atoms with Crippen LogP contribution in [-0.4, -0.2) is 39.6 Å². The fourth-order valence-electron chi connectivity index (χ4n) is 8.85. The Bertz CT molecular complexity index is 1080. The average molecular weight is 422 g/mol. The van der Waals surface area contributed by atoms with E-state index in [1.54, 1.807) is 5.56 Å². The van der Waals surface area contributed by atoms with Gasteiger partial charge in [0, 0.05) is 28.4 Å². The van der Waals surface area contributed by atoms with Crippen LogP contribution >= 0.6 is 0 Å². The Kier molecular flexibility index (Phi) is 3.44. The van der Waals surface area contributed by atoms with Crippen LogP contribution in [0.1, 0.15) is 71.1 Å². The van der Waals surface area contributed by atoms with Crippen molar-refractivity contribution in [1.29, 1.82) is 0 Å². The largest absolute Gasteiger partial charge is 0.388 e. The van der Waals surface area contributed by atoms with Gasteiger partial charge >= 0.3 is 0 Å². The lowest BCUT2D eigenvalue weighted by Gasteiger charge is -2.62. The topological polar surface area (TPSA) is 57.8 Å². The average Bonchev–Trinajstić information content (AvgIpc) is 3.23. The van der Waals surface area contributed by atoms with E-state index in [4.69, 9.17) is 9.47 Å². The molecule has 8 unspecified atom stereocenters. The van der Waals surface area contributed by atoms with Gasteiger partial charge in [-0.2, -0.15) is 0 Å². The van der Waals surface area contributed by atoms with Gasteiger partial charge in [-0.3, -0.25) is 0 Å². The summed E-state index contributed by atoms with van der Waals surface area (Å²) in [4.78, 5) is 3.89. The zero-order valence-electron chi connectivity index (χ0n) is 19.2. The number of ether oxygens (including phenoxy) is 2. The first-order valence-electron chi connectivity index (χ1n) is 12.4. The third-order valence-corrected chi connectivity index (χ3v) is 10.7. The number of nitrogens with one attached hydrogen (secondary N) is 1. The molecular formula is C27H35NO3. The monoisotopic (exact) mass is 421 g/mol. The molecule has 7 rings (SSSR count). The fourth-order valence-corrected chi connectivity index (χ4v) is 8.85. The lowest BCUT2D eigenvalue weighted by molar-refractivity contribution is -0.199. The minimum Gasteiger partial charge on any atom is -0.388 e. The maximum atomic E-state index is 10.6. The summed E-state index contributed by atoms with van der Waals surface area (Å²) in [5, 5.41) is 12.0. The summed E-state index contributed by atoms with van der Waals surface area (Å²) in [5.41, 5.74) is 3.76. The molecule has 2 aromatic rings. The minimum atomic E-state index is -0.812. The first kappa shape index (κ1) is 19.1. The summed E-state index contributed by atoms with van der Waals surface area (Å²) in [6.07, 6.45) is 6.99. The molecule has 1 aromatic heterocycles. The maximum Gasteiger partial charge on any atom is 0.124 e. The number of hydrogen-bond donors (Lipinski definition) is 2. The Hall–Kier alpha value is -1.36. The van der Waals surface area contributed by atoms with E-state index in [-0.39, 0.29) is 34.7 Å². The molecule has 2 aliphatic heterocycles. The molecule has 4 fully saturated rings. The van der Waals surface area contributed by atoms with Crippen molar-refractivity contribution in [2.24, 2.45) is 17.3 Å².